The van der Waals surface area contributed by atoms with Crippen molar-refractivity contribution >= 4 is 11.8 Å². The Labute approximate surface area is 94.4 Å². The molecule has 0 fully saturated rings. The summed E-state index contributed by atoms with van der Waals surface area (Å²) in [4.78, 5) is 0. The molecule has 0 aromatic rings. The van der Waals surface area contributed by atoms with Gasteiger partial charge >= 0.3 is 0 Å². The highest BCUT2D eigenvalue weighted by atomic mass is 32.2. The van der Waals surface area contributed by atoms with Crippen LogP contribution >= 0.6 is 11.8 Å². The molecular formula is C12H27NS. The largest absolute Gasteiger partial charge is 0.313 e. The Kier molecular flexibility index (Phi) is 10.1. The minimum atomic E-state index is 0.728. The van der Waals surface area contributed by atoms with Crippen LogP contribution in [0.1, 0.15) is 46.5 Å². The molecule has 2 atom stereocenters. The van der Waals surface area contributed by atoms with Gasteiger partial charge < -0.3 is 5.32 Å². The van der Waals surface area contributed by atoms with Gasteiger partial charge in [-0.3, -0.25) is 0 Å². The van der Waals surface area contributed by atoms with Gasteiger partial charge in [-0.2, -0.15) is 11.8 Å². The molecule has 1 nitrogen and oxygen atoms in total. The normalized spacial score (nSPS) is 15.4. The summed E-state index contributed by atoms with van der Waals surface area (Å²) in [5.41, 5.74) is 0. The van der Waals surface area contributed by atoms with Gasteiger partial charge in [-0.05, 0) is 31.6 Å². The summed E-state index contributed by atoms with van der Waals surface area (Å²) in [6.07, 6.45) is 7.48. The molecule has 14 heavy (non-hydrogen) atoms. The molecular weight excluding hydrogens is 190 g/mol. The summed E-state index contributed by atoms with van der Waals surface area (Å²) >= 11 is 1.96. The molecule has 0 saturated heterocycles. The monoisotopic (exact) mass is 217 g/mol. The topological polar surface area (TPSA) is 12.0 Å². The molecule has 0 heterocycles. The Morgan fingerprint density at radius 3 is 2.43 bits per heavy atom. The maximum atomic E-state index is 3.64. The van der Waals surface area contributed by atoms with Crippen LogP contribution in [0.15, 0.2) is 0 Å². The molecule has 0 saturated carbocycles. The number of hydrogen-bond donors (Lipinski definition) is 1. The molecule has 0 aliphatic carbocycles. The van der Waals surface area contributed by atoms with Gasteiger partial charge in [0.05, 0.1) is 0 Å². The van der Waals surface area contributed by atoms with Crippen molar-refractivity contribution in [1.29, 1.82) is 0 Å². The zero-order valence-electron chi connectivity index (χ0n) is 10.3. The van der Waals surface area contributed by atoms with Gasteiger partial charge in [0.1, 0.15) is 0 Å². The van der Waals surface area contributed by atoms with Gasteiger partial charge in [-0.1, -0.05) is 33.6 Å². The second kappa shape index (κ2) is 9.85. The molecule has 0 spiro atoms. The van der Waals surface area contributed by atoms with Crippen LogP contribution in [0.3, 0.4) is 0 Å². The molecule has 0 aliphatic heterocycles. The van der Waals surface area contributed by atoms with Gasteiger partial charge in [0.25, 0.3) is 0 Å². The molecule has 0 aromatic heterocycles. The fourth-order valence-corrected chi connectivity index (χ4v) is 2.51. The third kappa shape index (κ3) is 7.69. The van der Waals surface area contributed by atoms with E-state index in [1.54, 1.807) is 0 Å². The van der Waals surface area contributed by atoms with E-state index in [0.717, 1.165) is 12.0 Å². The first-order chi connectivity index (χ1) is 6.74. The van der Waals surface area contributed by atoms with E-state index in [-0.39, 0.29) is 0 Å². The lowest BCUT2D eigenvalue weighted by molar-refractivity contribution is 0.404. The van der Waals surface area contributed by atoms with E-state index in [4.69, 9.17) is 0 Å². The average Bonchev–Trinajstić information content (AvgIpc) is 2.15. The number of rotatable bonds is 9. The first-order valence-electron chi connectivity index (χ1n) is 5.96. The van der Waals surface area contributed by atoms with Crippen LogP contribution in [0.25, 0.3) is 0 Å². The summed E-state index contributed by atoms with van der Waals surface area (Å²) in [5.74, 6) is 2.13. The van der Waals surface area contributed by atoms with Crippen molar-refractivity contribution in [3.8, 4) is 0 Å². The summed E-state index contributed by atoms with van der Waals surface area (Å²) in [6, 6.07) is 0.728. The van der Waals surface area contributed by atoms with Gasteiger partial charge in [0.15, 0.2) is 0 Å². The fourth-order valence-electron chi connectivity index (χ4n) is 1.86. The Balaban J connectivity index is 3.69. The maximum absolute atomic E-state index is 3.64. The minimum absolute atomic E-state index is 0.728. The molecule has 2 unspecified atom stereocenters. The molecule has 2 heteroatoms. The highest BCUT2D eigenvalue weighted by Gasteiger charge is 2.11. The molecule has 86 valence electrons. The zero-order chi connectivity index (χ0) is 10.8. The van der Waals surface area contributed by atoms with Crippen molar-refractivity contribution in [2.75, 3.05) is 18.6 Å². The lowest BCUT2D eigenvalue weighted by Crippen LogP contribution is -2.33. The fraction of sp³-hybridized carbons (Fsp3) is 1.00. The second-order valence-electron chi connectivity index (χ2n) is 4.24. The molecule has 0 bridgehead atoms. The molecule has 0 amide bonds. The van der Waals surface area contributed by atoms with Crippen LogP contribution in [-0.2, 0) is 0 Å². The standard InChI is InChI=1S/C12H27NS/c1-5-7-11(3)9-12(10-14-4)13-8-6-2/h11-13H,5-10H2,1-4H3. The zero-order valence-corrected chi connectivity index (χ0v) is 11.1. The summed E-state index contributed by atoms with van der Waals surface area (Å²) in [6.45, 7) is 8.06. The first kappa shape index (κ1) is 14.3. The lowest BCUT2D eigenvalue weighted by Gasteiger charge is -2.21. The predicted octanol–water partition coefficient (Wildman–Crippen LogP) is 3.54. The average molecular weight is 217 g/mol. The van der Waals surface area contributed by atoms with Crippen molar-refractivity contribution in [2.45, 2.75) is 52.5 Å². The van der Waals surface area contributed by atoms with E-state index < -0.39 is 0 Å². The Hall–Kier alpha value is 0.310. The van der Waals surface area contributed by atoms with Gasteiger partial charge in [0.2, 0.25) is 0 Å². The summed E-state index contributed by atoms with van der Waals surface area (Å²) in [7, 11) is 0. The lowest BCUT2D eigenvalue weighted by atomic mass is 9.98. The molecule has 0 aliphatic rings. The maximum Gasteiger partial charge on any atom is 0.0160 e. The Morgan fingerprint density at radius 1 is 1.21 bits per heavy atom. The Bertz CT molecular complexity index is 117. The summed E-state index contributed by atoms with van der Waals surface area (Å²) < 4.78 is 0. The SMILES string of the molecule is CCCNC(CSC)CC(C)CCC. The molecule has 0 rings (SSSR count). The van der Waals surface area contributed by atoms with Crippen LogP contribution in [0, 0.1) is 5.92 Å². The van der Waals surface area contributed by atoms with Crippen LogP contribution in [0.4, 0.5) is 0 Å². The van der Waals surface area contributed by atoms with Crippen molar-refractivity contribution in [3.05, 3.63) is 0 Å². The highest BCUT2D eigenvalue weighted by molar-refractivity contribution is 7.98. The van der Waals surface area contributed by atoms with E-state index in [1.165, 1.54) is 38.0 Å². The van der Waals surface area contributed by atoms with Crippen LogP contribution in [0.2, 0.25) is 0 Å². The van der Waals surface area contributed by atoms with Crippen LogP contribution in [0.5, 0.6) is 0 Å². The van der Waals surface area contributed by atoms with Crippen molar-refractivity contribution in [2.24, 2.45) is 5.92 Å². The van der Waals surface area contributed by atoms with Gasteiger partial charge in [-0.25, -0.2) is 0 Å². The van der Waals surface area contributed by atoms with E-state index >= 15 is 0 Å². The smallest absolute Gasteiger partial charge is 0.0160 e. The molecule has 0 radical (unpaired) electrons. The minimum Gasteiger partial charge on any atom is -0.313 e. The van der Waals surface area contributed by atoms with Crippen LogP contribution in [-0.4, -0.2) is 24.6 Å². The van der Waals surface area contributed by atoms with Gasteiger partial charge in [0, 0.05) is 11.8 Å². The number of hydrogen-bond acceptors (Lipinski definition) is 2. The van der Waals surface area contributed by atoms with Crippen LogP contribution < -0.4 is 5.32 Å². The predicted molar refractivity (Wildman–Crippen MR) is 69.2 cm³/mol. The van der Waals surface area contributed by atoms with E-state index in [9.17, 15) is 0 Å². The van der Waals surface area contributed by atoms with Crippen molar-refractivity contribution < 1.29 is 0 Å². The number of thioether (sulfide) groups is 1. The quantitative estimate of drug-likeness (QED) is 0.634. The highest BCUT2D eigenvalue weighted by Crippen LogP contribution is 2.14. The second-order valence-corrected chi connectivity index (χ2v) is 5.15. The first-order valence-corrected chi connectivity index (χ1v) is 7.36. The molecule has 1 N–H and O–H groups in total. The number of nitrogens with one attached hydrogen (secondary N) is 1. The third-order valence-electron chi connectivity index (χ3n) is 2.52. The van der Waals surface area contributed by atoms with Crippen molar-refractivity contribution in [3.63, 3.8) is 0 Å². The summed E-state index contributed by atoms with van der Waals surface area (Å²) in [5, 5.41) is 3.64. The third-order valence-corrected chi connectivity index (χ3v) is 3.25. The van der Waals surface area contributed by atoms with E-state index in [1.807, 2.05) is 11.8 Å². The van der Waals surface area contributed by atoms with Crippen molar-refractivity contribution in [1.82, 2.24) is 5.32 Å². The molecule has 0 aromatic carbocycles. The van der Waals surface area contributed by atoms with Gasteiger partial charge in [-0.15, -0.1) is 0 Å². The van der Waals surface area contributed by atoms with E-state index in [2.05, 4.69) is 32.3 Å². The Morgan fingerprint density at radius 2 is 1.93 bits per heavy atom. The van der Waals surface area contributed by atoms with E-state index in [0.29, 0.717) is 0 Å².